The summed E-state index contributed by atoms with van der Waals surface area (Å²) in [5.74, 6) is 0.462. The number of para-hydroxylation sites is 1. The van der Waals surface area contributed by atoms with Crippen molar-refractivity contribution in [2.45, 2.75) is 13.3 Å². The molecule has 0 fully saturated rings. The molecule has 2 N–H and O–H groups in total. The van der Waals surface area contributed by atoms with E-state index in [9.17, 15) is 4.79 Å². The van der Waals surface area contributed by atoms with Gasteiger partial charge in [0.25, 0.3) is 5.56 Å². The van der Waals surface area contributed by atoms with Crippen molar-refractivity contribution < 1.29 is 0 Å². The van der Waals surface area contributed by atoms with E-state index < -0.39 is 0 Å². The van der Waals surface area contributed by atoms with Gasteiger partial charge in [-0.2, -0.15) is 4.98 Å². The highest BCUT2D eigenvalue weighted by Gasteiger charge is 2.04. The number of benzene rings is 1. The van der Waals surface area contributed by atoms with E-state index in [1.54, 1.807) is 6.20 Å². The van der Waals surface area contributed by atoms with Crippen LogP contribution in [0.2, 0.25) is 0 Å². The Morgan fingerprint density at radius 2 is 2.05 bits per heavy atom. The minimum atomic E-state index is -0.0932. The SMILES string of the molecule is CCc1cc2cnc(Nc3ccccc3)nc2[nH]c1=O. The fourth-order valence-electron chi connectivity index (χ4n) is 2.01. The lowest BCUT2D eigenvalue weighted by molar-refractivity contribution is 1.06. The molecule has 2 heterocycles. The number of aryl methyl sites for hydroxylation is 1. The molecule has 2 aromatic heterocycles. The third-order valence-corrected chi connectivity index (χ3v) is 3.08. The predicted octanol–water partition coefficient (Wildman–Crippen LogP) is 2.62. The summed E-state index contributed by atoms with van der Waals surface area (Å²) in [5.41, 5.74) is 2.09. The Kier molecular flexibility index (Phi) is 3.16. The van der Waals surface area contributed by atoms with E-state index in [-0.39, 0.29) is 5.56 Å². The number of pyridine rings is 1. The third-order valence-electron chi connectivity index (χ3n) is 3.08. The molecule has 0 aliphatic rings. The van der Waals surface area contributed by atoms with Crippen LogP contribution >= 0.6 is 0 Å². The number of hydrogen-bond donors (Lipinski definition) is 2. The molecule has 0 amide bonds. The number of H-pyrrole nitrogens is 1. The molecule has 1 aromatic carbocycles. The lowest BCUT2D eigenvalue weighted by Crippen LogP contribution is -2.12. The summed E-state index contributed by atoms with van der Waals surface area (Å²) < 4.78 is 0. The van der Waals surface area contributed by atoms with Crippen LogP contribution in [0.4, 0.5) is 11.6 Å². The van der Waals surface area contributed by atoms with Gasteiger partial charge in [-0.25, -0.2) is 4.98 Å². The fourth-order valence-corrected chi connectivity index (χ4v) is 2.01. The quantitative estimate of drug-likeness (QED) is 0.764. The van der Waals surface area contributed by atoms with Crippen LogP contribution in [-0.2, 0) is 6.42 Å². The maximum atomic E-state index is 11.8. The van der Waals surface area contributed by atoms with Gasteiger partial charge in [-0.05, 0) is 24.6 Å². The molecule has 5 heteroatoms. The molecule has 0 saturated carbocycles. The van der Waals surface area contributed by atoms with Crippen molar-refractivity contribution >= 4 is 22.7 Å². The minimum Gasteiger partial charge on any atom is -0.324 e. The summed E-state index contributed by atoms with van der Waals surface area (Å²) >= 11 is 0. The average Bonchev–Trinajstić information content (AvgIpc) is 2.47. The maximum Gasteiger partial charge on any atom is 0.252 e. The van der Waals surface area contributed by atoms with Crippen molar-refractivity contribution in [3.05, 3.63) is 58.5 Å². The van der Waals surface area contributed by atoms with Crippen molar-refractivity contribution in [3.8, 4) is 0 Å². The van der Waals surface area contributed by atoms with Gasteiger partial charge < -0.3 is 10.3 Å². The molecule has 0 radical (unpaired) electrons. The van der Waals surface area contributed by atoms with Gasteiger partial charge >= 0.3 is 0 Å². The Balaban J connectivity index is 2.01. The largest absolute Gasteiger partial charge is 0.324 e. The Bertz CT molecular complexity index is 796. The molecular formula is C15H14N4O. The minimum absolute atomic E-state index is 0.0932. The van der Waals surface area contributed by atoms with E-state index in [2.05, 4.69) is 20.3 Å². The zero-order chi connectivity index (χ0) is 13.9. The van der Waals surface area contributed by atoms with E-state index in [1.807, 2.05) is 43.3 Å². The number of rotatable bonds is 3. The first-order chi connectivity index (χ1) is 9.76. The van der Waals surface area contributed by atoms with Crippen molar-refractivity contribution in [1.82, 2.24) is 15.0 Å². The van der Waals surface area contributed by atoms with Gasteiger partial charge in [0.1, 0.15) is 5.65 Å². The lowest BCUT2D eigenvalue weighted by Gasteiger charge is -2.05. The molecule has 0 aliphatic carbocycles. The van der Waals surface area contributed by atoms with Gasteiger partial charge in [0.2, 0.25) is 5.95 Å². The molecule has 0 bridgehead atoms. The van der Waals surface area contributed by atoms with Crippen LogP contribution in [0.25, 0.3) is 11.0 Å². The van der Waals surface area contributed by atoms with Gasteiger partial charge in [0.05, 0.1) is 0 Å². The number of fused-ring (bicyclic) bond motifs is 1. The molecule has 0 spiro atoms. The Hall–Kier alpha value is -2.69. The molecule has 0 unspecified atom stereocenters. The standard InChI is InChI=1S/C15H14N4O/c1-2-10-8-11-9-16-15(19-13(11)18-14(10)20)17-12-6-4-3-5-7-12/h3-9H,2H2,1H3,(H2,16,17,18,19,20). The molecule has 20 heavy (non-hydrogen) atoms. The van der Waals surface area contributed by atoms with Crippen LogP contribution < -0.4 is 10.9 Å². The first-order valence-corrected chi connectivity index (χ1v) is 6.47. The van der Waals surface area contributed by atoms with E-state index >= 15 is 0 Å². The van der Waals surface area contributed by atoms with Gasteiger partial charge in [0.15, 0.2) is 0 Å². The highest BCUT2D eigenvalue weighted by Crippen LogP contribution is 2.14. The fraction of sp³-hybridized carbons (Fsp3) is 0.133. The van der Waals surface area contributed by atoms with Gasteiger partial charge in [0, 0.05) is 22.8 Å². The summed E-state index contributed by atoms with van der Waals surface area (Å²) in [6.45, 7) is 1.95. The second-order valence-corrected chi connectivity index (χ2v) is 4.47. The second kappa shape index (κ2) is 5.13. The number of nitrogens with zero attached hydrogens (tertiary/aromatic N) is 2. The van der Waals surface area contributed by atoms with Crippen LogP contribution in [0.5, 0.6) is 0 Å². The number of nitrogens with one attached hydrogen (secondary N) is 2. The topological polar surface area (TPSA) is 70.7 Å². The van der Waals surface area contributed by atoms with Crippen molar-refractivity contribution in [3.63, 3.8) is 0 Å². The second-order valence-electron chi connectivity index (χ2n) is 4.47. The summed E-state index contributed by atoms with van der Waals surface area (Å²) in [6, 6.07) is 11.5. The van der Waals surface area contributed by atoms with Gasteiger partial charge in [-0.15, -0.1) is 0 Å². The smallest absolute Gasteiger partial charge is 0.252 e. The highest BCUT2D eigenvalue weighted by atomic mass is 16.1. The average molecular weight is 266 g/mol. The Morgan fingerprint density at radius 1 is 1.25 bits per heavy atom. The van der Waals surface area contributed by atoms with E-state index in [0.29, 0.717) is 18.0 Å². The number of hydrogen-bond acceptors (Lipinski definition) is 4. The zero-order valence-electron chi connectivity index (χ0n) is 11.1. The van der Waals surface area contributed by atoms with Crippen molar-refractivity contribution in [1.29, 1.82) is 0 Å². The van der Waals surface area contributed by atoms with Crippen molar-refractivity contribution in [2.24, 2.45) is 0 Å². The third kappa shape index (κ3) is 2.38. The molecule has 0 atom stereocenters. The van der Waals surface area contributed by atoms with E-state index in [4.69, 9.17) is 0 Å². The molecule has 100 valence electrons. The van der Waals surface area contributed by atoms with Gasteiger partial charge in [-0.3, -0.25) is 4.79 Å². The maximum absolute atomic E-state index is 11.8. The Labute approximate surface area is 115 Å². The molecular weight excluding hydrogens is 252 g/mol. The predicted molar refractivity (Wildman–Crippen MR) is 79.3 cm³/mol. The van der Waals surface area contributed by atoms with Crippen LogP contribution in [0.15, 0.2) is 47.4 Å². The van der Waals surface area contributed by atoms with Crippen LogP contribution in [-0.4, -0.2) is 15.0 Å². The molecule has 5 nitrogen and oxygen atoms in total. The first-order valence-electron chi connectivity index (χ1n) is 6.47. The first kappa shape index (κ1) is 12.3. The summed E-state index contributed by atoms with van der Waals surface area (Å²) in [5, 5.41) is 3.93. The van der Waals surface area contributed by atoms with Crippen molar-refractivity contribution in [2.75, 3.05) is 5.32 Å². The summed E-state index contributed by atoms with van der Waals surface area (Å²) in [4.78, 5) is 23.2. The van der Waals surface area contributed by atoms with Crippen LogP contribution in [0.1, 0.15) is 12.5 Å². The normalized spacial score (nSPS) is 10.7. The molecule has 0 aliphatic heterocycles. The van der Waals surface area contributed by atoms with Crippen LogP contribution in [0.3, 0.4) is 0 Å². The van der Waals surface area contributed by atoms with E-state index in [1.165, 1.54) is 0 Å². The van der Waals surface area contributed by atoms with E-state index in [0.717, 1.165) is 16.6 Å². The summed E-state index contributed by atoms with van der Waals surface area (Å²) in [7, 11) is 0. The van der Waals surface area contributed by atoms with Crippen LogP contribution in [0, 0.1) is 0 Å². The lowest BCUT2D eigenvalue weighted by atomic mass is 10.2. The summed E-state index contributed by atoms with van der Waals surface area (Å²) in [6.07, 6.45) is 2.40. The monoisotopic (exact) mass is 266 g/mol. The van der Waals surface area contributed by atoms with Gasteiger partial charge in [-0.1, -0.05) is 25.1 Å². The number of aromatic amines is 1. The number of anilines is 2. The zero-order valence-corrected chi connectivity index (χ0v) is 11.1. The number of aromatic nitrogens is 3. The molecule has 0 saturated heterocycles. The molecule has 3 aromatic rings. The molecule has 3 rings (SSSR count). The highest BCUT2D eigenvalue weighted by molar-refractivity contribution is 5.75. The Morgan fingerprint density at radius 3 is 2.80 bits per heavy atom.